The topological polar surface area (TPSA) is 95.9 Å². The first-order valence-electron chi connectivity index (χ1n) is 36.4. The van der Waals surface area contributed by atoms with E-state index in [0.29, 0.717) is 25.9 Å². The van der Waals surface area contributed by atoms with E-state index in [1.165, 1.54) is 347 Å². The smallest absolute Gasteiger partial charge is 0.305 e. The zero-order valence-corrected chi connectivity index (χ0v) is 53.9. The number of allylic oxidation sites excluding steroid dienone is 2. The Bertz CT molecular complexity index is 1190. The molecule has 0 aromatic heterocycles. The minimum atomic E-state index is -0.662. The van der Waals surface area contributed by atoms with E-state index in [-0.39, 0.29) is 18.5 Å². The van der Waals surface area contributed by atoms with Gasteiger partial charge in [-0.2, -0.15) is 0 Å². The summed E-state index contributed by atoms with van der Waals surface area (Å²) in [4.78, 5) is 24.6. The summed E-state index contributed by atoms with van der Waals surface area (Å²) in [6, 6.07) is -0.539. The van der Waals surface area contributed by atoms with Crippen LogP contribution >= 0.6 is 0 Å². The van der Waals surface area contributed by atoms with Crippen molar-refractivity contribution in [2.24, 2.45) is 0 Å². The Hall–Kier alpha value is -1.40. The maximum absolute atomic E-state index is 12.5. The maximum atomic E-state index is 12.5. The lowest BCUT2D eigenvalue weighted by atomic mass is 10.0. The number of unbranched alkanes of at least 4 members (excludes halogenated alkanes) is 56. The van der Waals surface area contributed by atoms with Crippen molar-refractivity contribution >= 4 is 11.9 Å². The zero-order valence-electron chi connectivity index (χ0n) is 53.9. The molecule has 0 aromatic carbocycles. The zero-order chi connectivity index (χ0) is 57.1. The standard InChI is InChI=1S/C73H143NO5/c1-3-5-7-9-11-13-15-17-19-39-43-47-51-55-59-63-67-73(78)79-68-64-60-56-52-48-44-40-36-34-32-30-28-26-24-22-20-21-23-25-27-29-31-33-35-38-42-46-50-54-58-62-66-72(77)74-70(69-75)71(76)65-61-57-53-49-45-41-37-18-16-14-12-10-8-6-4-2/h22,24,70-71,75-76H,3-21,23,25-69H2,1-2H3,(H,74,77)/b24-22-. The number of rotatable bonds is 69. The van der Waals surface area contributed by atoms with Crippen molar-refractivity contribution in [3.63, 3.8) is 0 Å². The second-order valence-electron chi connectivity index (χ2n) is 25.3. The average Bonchev–Trinajstić information content (AvgIpc) is 3.45. The molecule has 470 valence electrons. The van der Waals surface area contributed by atoms with Crippen LogP contribution in [0.4, 0.5) is 0 Å². The van der Waals surface area contributed by atoms with Gasteiger partial charge < -0.3 is 20.3 Å². The number of nitrogens with one attached hydrogen (secondary N) is 1. The Labute approximate surface area is 495 Å². The van der Waals surface area contributed by atoms with Crippen LogP contribution in [0.3, 0.4) is 0 Å². The van der Waals surface area contributed by atoms with Crippen molar-refractivity contribution in [3.05, 3.63) is 12.2 Å². The molecule has 0 heterocycles. The number of hydrogen-bond donors (Lipinski definition) is 3. The van der Waals surface area contributed by atoms with Crippen LogP contribution in [0.5, 0.6) is 0 Å². The summed E-state index contributed by atoms with van der Waals surface area (Å²) in [5.74, 6) is -0.00725. The van der Waals surface area contributed by atoms with E-state index in [9.17, 15) is 19.8 Å². The Balaban J connectivity index is 3.33. The van der Waals surface area contributed by atoms with Gasteiger partial charge in [-0.1, -0.05) is 366 Å². The Kier molecular flexibility index (Phi) is 67.9. The third kappa shape index (κ3) is 65.6. The molecular weight excluding hydrogens is 971 g/mol. The molecule has 0 fully saturated rings. The molecule has 0 saturated heterocycles. The Morgan fingerprint density at radius 2 is 0.595 bits per heavy atom. The van der Waals surface area contributed by atoms with Gasteiger partial charge in [0.25, 0.3) is 0 Å². The first-order valence-corrected chi connectivity index (χ1v) is 36.4. The van der Waals surface area contributed by atoms with Crippen LogP contribution in [0.2, 0.25) is 0 Å². The number of carbonyl (C=O) groups excluding carboxylic acids is 2. The van der Waals surface area contributed by atoms with Gasteiger partial charge in [-0.3, -0.25) is 9.59 Å². The van der Waals surface area contributed by atoms with E-state index >= 15 is 0 Å². The molecule has 0 aliphatic carbocycles. The summed E-state index contributed by atoms with van der Waals surface area (Å²) in [7, 11) is 0. The molecule has 0 aromatic rings. The molecule has 1 amide bonds. The van der Waals surface area contributed by atoms with E-state index in [4.69, 9.17) is 4.74 Å². The number of ether oxygens (including phenoxy) is 1. The Morgan fingerprint density at radius 3 is 0.899 bits per heavy atom. The molecule has 0 aliphatic rings. The predicted molar refractivity (Wildman–Crippen MR) is 347 cm³/mol. The molecule has 2 unspecified atom stereocenters. The first-order chi connectivity index (χ1) is 39.0. The lowest BCUT2D eigenvalue weighted by molar-refractivity contribution is -0.143. The van der Waals surface area contributed by atoms with Crippen LogP contribution < -0.4 is 5.32 Å². The van der Waals surface area contributed by atoms with Crippen molar-refractivity contribution in [1.29, 1.82) is 0 Å². The normalized spacial score (nSPS) is 12.5. The van der Waals surface area contributed by atoms with Gasteiger partial charge >= 0.3 is 5.97 Å². The quantitative estimate of drug-likeness (QED) is 0.0320. The largest absolute Gasteiger partial charge is 0.466 e. The maximum Gasteiger partial charge on any atom is 0.305 e. The first kappa shape index (κ1) is 77.6. The third-order valence-electron chi connectivity index (χ3n) is 17.3. The van der Waals surface area contributed by atoms with Crippen molar-refractivity contribution in [3.8, 4) is 0 Å². The number of aliphatic hydroxyl groups is 2. The number of aliphatic hydroxyl groups excluding tert-OH is 2. The highest BCUT2D eigenvalue weighted by molar-refractivity contribution is 5.76. The van der Waals surface area contributed by atoms with Crippen LogP contribution in [0.15, 0.2) is 12.2 Å². The summed E-state index contributed by atoms with van der Waals surface area (Å²) in [6.07, 6.45) is 85.6. The molecule has 6 heteroatoms. The molecule has 3 N–H and O–H groups in total. The summed E-state index contributed by atoms with van der Waals surface area (Å²) < 4.78 is 5.51. The van der Waals surface area contributed by atoms with E-state index in [1.807, 2.05) is 0 Å². The predicted octanol–water partition coefficient (Wildman–Crippen LogP) is 23.5. The summed E-state index contributed by atoms with van der Waals surface area (Å²) in [6.45, 7) is 5.00. The Morgan fingerprint density at radius 1 is 0.342 bits per heavy atom. The molecule has 0 bridgehead atoms. The number of hydrogen-bond acceptors (Lipinski definition) is 5. The van der Waals surface area contributed by atoms with Crippen LogP contribution in [-0.2, 0) is 14.3 Å². The van der Waals surface area contributed by atoms with E-state index in [2.05, 4.69) is 31.3 Å². The minimum Gasteiger partial charge on any atom is -0.466 e. The van der Waals surface area contributed by atoms with E-state index in [0.717, 1.165) is 38.5 Å². The van der Waals surface area contributed by atoms with Gasteiger partial charge in [-0.25, -0.2) is 0 Å². The fourth-order valence-electron chi connectivity index (χ4n) is 11.8. The molecule has 2 atom stereocenters. The van der Waals surface area contributed by atoms with Crippen molar-refractivity contribution in [2.75, 3.05) is 13.2 Å². The molecular formula is C73H143NO5. The number of esters is 1. The molecule has 0 spiro atoms. The summed E-state index contributed by atoms with van der Waals surface area (Å²) in [5.41, 5.74) is 0. The average molecular weight is 1110 g/mol. The molecule has 6 nitrogen and oxygen atoms in total. The molecule has 0 rings (SSSR count). The van der Waals surface area contributed by atoms with Crippen LogP contribution in [-0.4, -0.2) is 47.4 Å². The summed E-state index contributed by atoms with van der Waals surface area (Å²) >= 11 is 0. The molecule has 0 radical (unpaired) electrons. The van der Waals surface area contributed by atoms with Crippen LogP contribution in [0.1, 0.15) is 418 Å². The van der Waals surface area contributed by atoms with Gasteiger partial charge in [0.05, 0.1) is 25.4 Å². The van der Waals surface area contributed by atoms with Gasteiger partial charge in [0.15, 0.2) is 0 Å². The van der Waals surface area contributed by atoms with Crippen molar-refractivity contribution in [1.82, 2.24) is 5.32 Å². The molecule has 0 aliphatic heterocycles. The summed E-state index contributed by atoms with van der Waals surface area (Å²) in [5, 5.41) is 23.3. The van der Waals surface area contributed by atoms with Crippen molar-refractivity contribution < 1.29 is 24.5 Å². The number of carbonyl (C=O) groups is 2. The third-order valence-corrected chi connectivity index (χ3v) is 17.3. The van der Waals surface area contributed by atoms with E-state index < -0.39 is 12.1 Å². The second-order valence-corrected chi connectivity index (χ2v) is 25.3. The van der Waals surface area contributed by atoms with Gasteiger partial charge in [-0.05, 0) is 51.4 Å². The highest BCUT2D eigenvalue weighted by Gasteiger charge is 2.20. The SMILES string of the molecule is CCCCCCCCCCCCCCCCCCC(=O)OCCCCCCCCCCCCCC/C=C\CCCCCCCCCCCCCCCCCC(=O)NC(CO)C(O)CCCCCCCCCCCCCCCCC. The fraction of sp³-hybridized carbons (Fsp3) is 0.945. The molecule has 79 heavy (non-hydrogen) atoms. The lowest BCUT2D eigenvalue weighted by Gasteiger charge is -2.22. The minimum absolute atomic E-state index is 0.0222. The fourth-order valence-corrected chi connectivity index (χ4v) is 11.8. The van der Waals surface area contributed by atoms with Crippen LogP contribution in [0, 0.1) is 0 Å². The number of amides is 1. The molecule has 0 saturated carbocycles. The van der Waals surface area contributed by atoms with Crippen LogP contribution in [0.25, 0.3) is 0 Å². The second kappa shape index (κ2) is 69.1. The van der Waals surface area contributed by atoms with Crippen molar-refractivity contribution in [2.45, 2.75) is 431 Å². The highest BCUT2D eigenvalue weighted by atomic mass is 16.5. The van der Waals surface area contributed by atoms with Gasteiger partial charge in [0.2, 0.25) is 5.91 Å². The van der Waals surface area contributed by atoms with Gasteiger partial charge in [0.1, 0.15) is 0 Å². The highest BCUT2D eigenvalue weighted by Crippen LogP contribution is 2.19. The van der Waals surface area contributed by atoms with E-state index in [1.54, 1.807) is 0 Å². The van der Waals surface area contributed by atoms with Gasteiger partial charge in [-0.15, -0.1) is 0 Å². The lowest BCUT2D eigenvalue weighted by Crippen LogP contribution is -2.45. The monoisotopic (exact) mass is 1110 g/mol. The van der Waals surface area contributed by atoms with Gasteiger partial charge in [0, 0.05) is 12.8 Å².